The Bertz CT molecular complexity index is 458. The minimum atomic E-state index is 0.187. The smallest absolute Gasteiger partial charge is 0.229 e. The molecule has 2 saturated heterocycles. The van der Waals surface area contributed by atoms with Crippen molar-refractivity contribution in [2.24, 2.45) is 5.92 Å². The number of amides is 1. The summed E-state index contributed by atoms with van der Waals surface area (Å²) in [7, 11) is 0. The van der Waals surface area contributed by atoms with Gasteiger partial charge in [0, 0.05) is 11.7 Å². The lowest BCUT2D eigenvalue weighted by atomic mass is 9.97. The number of nitrogens with zero attached hydrogens (tertiary/aromatic N) is 1. The van der Waals surface area contributed by atoms with E-state index in [0.29, 0.717) is 6.04 Å². The summed E-state index contributed by atoms with van der Waals surface area (Å²) in [6.07, 6.45) is 3.45. The van der Waals surface area contributed by atoms with Crippen molar-refractivity contribution in [3.05, 3.63) is 29.8 Å². The first-order chi connectivity index (χ1) is 8.75. The van der Waals surface area contributed by atoms with Gasteiger partial charge in [0.05, 0.1) is 5.92 Å². The number of benzene rings is 1. The molecule has 0 aromatic heterocycles. The van der Waals surface area contributed by atoms with Gasteiger partial charge in [-0.15, -0.1) is 0 Å². The second-order valence-corrected chi connectivity index (χ2v) is 5.44. The van der Waals surface area contributed by atoms with Crippen molar-refractivity contribution in [1.29, 1.82) is 0 Å². The Kier molecular flexibility index (Phi) is 3.08. The third-order valence-electron chi connectivity index (χ3n) is 4.35. The standard InChI is InChI=1S/C15H20N2O/c1-11-5-2-3-6-13(11)16-15(18)12-8-10-17-9-4-7-14(12)17/h2-3,5-6,12,14H,4,7-10H2,1H3,(H,16,18)/t12-,14+/m1/s1. The van der Waals surface area contributed by atoms with Crippen molar-refractivity contribution in [3.8, 4) is 0 Å². The Morgan fingerprint density at radius 3 is 2.94 bits per heavy atom. The van der Waals surface area contributed by atoms with Crippen molar-refractivity contribution in [2.45, 2.75) is 32.2 Å². The van der Waals surface area contributed by atoms with Gasteiger partial charge in [0.1, 0.15) is 0 Å². The Hall–Kier alpha value is -1.35. The number of hydrogen-bond acceptors (Lipinski definition) is 2. The van der Waals surface area contributed by atoms with E-state index in [4.69, 9.17) is 0 Å². The average Bonchev–Trinajstić information content (AvgIpc) is 2.93. The van der Waals surface area contributed by atoms with Gasteiger partial charge in [-0.25, -0.2) is 0 Å². The van der Waals surface area contributed by atoms with Crippen LogP contribution in [0, 0.1) is 12.8 Å². The number of para-hydroxylation sites is 1. The Labute approximate surface area is 108 Å². The highest BCUT2D eigenvalue weighted by molar-refractivity contribution is 5.93. The van der Waals surface area contributed by atoms with Gasteiger partial charge in [-0.3, -0.25) is 9.69 Å². The number of hydrogen-bond donors (Lipinski definition) is 1. The summed E-state index contributed by atoms with van der Waals surface area (Å²) in [5.74, 6) is 0.394. The molecule has 1 aromatic rings. The molecule has 3 heteroatoms. The van der Waals surface area contributed by atoms with Crippen molar-refractivity contribution in [1.82, 2.24) is 4.90 Å². The fraction of sp³-hybridized carbons (Fsp3) is 0.533. The molecule has 0 bridgehead atoms. The number of carbonyl (C=O) groups is 1. The van der Waals surface area contributed by atoms with Crippen LogP contribution in [0.2, 0.25) is 0 Å². The van der Waals surface area contributed by atoms with Crippen LogP contribution in [0.15, 0.2) is 24.3 Å². The Balaban J connectivity index is 1.70. The van der Waals surface area contributed by atoms with E-state index in [1.54, 1.807) is 0 Å². The largest absolute Gasteiger partial charge is 0.326 e. The van der Waals surface area contributed by atoms with Crippen molar-refractivity contribution >= 4 is 11.6 Å². The zero-order valence-corrected chi connectivity index (χ0v) is 10.9. The summed E-state index contributed by atoms with van der Waals surface area (Å²) in [5.41, 5.74) is 2.09. The summed E-state index contributed by atoms with van der Waals surface area (Å²) in [4.78, 5) is 14.8. The fourth-order valence-electron chi connectivity index (χ4n) is 3.33. The molecule has 1 amide bonds. The van der Waals surface area contributed by atoms with Crippen LogP contribution >= 0.6 is 0 Å². The maximum Gasteiger partial charge on any atom is 0.229 e. The maximum absolute atomic E-state index is 12.4. The molecule has 0 aliphatic carbocycles. The second-order valence-electron chi connectivity index (χ2n) is 5.44. The predicted octanol–water partition coefficient (Wildman–Crippen LogP) is 2.42. The molecule has 3 nitrogen and oxygen atoms in total. The first kappa shape index (κ1) is 11.7. The molecule has 18 heavy (non-hydrogen) atoms. The third-order valence-corrected chi connectivity index (χ3v) is 4.35. The molecule has 2 aliphatic rings. The highest BCUT2D eigenvalue weighted by Gasteiger charge is 2.40. The van der Waals surface area contributed by atoms with Gasteiger partial charge in [0.15, 0.2) is 0 Å². The second kappa shape index (κ2) is 4.73. The zero-order valence-electron chi connectivity index (χ0n) is 10.9. The van der Waals surface area contributed by atoms with E-state index in [9.17, 15) is 4.79 Å². The van der Waals surface area contributed by atoms with Gasteiger partial charge in [-0.2, -0.15) is 0 Å². The van der Waals surface area contributed by atoms with Crippen LogP contribution in [-0.2, 0) is 4.79 Å². The monoisotopic (exact) mass is 244 g/mol. The van der Waals surface area contributed by atoms with Crippen LogP contribution in [0.1, 0.15) is 24.8 Å². The number of fused-ring (bicyclic) bond motifs is 1. The van der Waals surface area contributed by atoms with Gasteiger partial charge in [-0.05, 0) is 50.9 Å². The van der Waals surface area contributed by atoms with Gasteiger partial charge in [0.25, 0.3) is 0 Å². The number of anilines is 1. The lowest BCUT2D eigenvalue weighted by Crippen LogP contribution is -2.33. The molecular formula is C15H20N2O. The summed E-state index contributed by atoms with van der Waals surface area (Å²) in [6.45, 7) is 4.31. The van der Waals surface area contributed by atoms with Gasteiger partial charge < -0.3 is 5.32 Å². The predicted molar refractivity (Wildman–Crippen MR) is 72.5 cm³/mol. The minimum Gasteiger partial charge on any atom is -0.326 e. The Morgan fingerprint density at radius 1 is 1.28 bits per heavy atom. The fourth-order valence-corrected chi connectivity index (χ4v) is 3.33. The van der Waals surface area contributed by atoms with E-state index in [1.165, 1.54) is 19.4 Å². The van der Waals surface area contributed by atoms with Crippen molar-refractivity contribution in [2.75, 3.05) is 18.4 Å². The lowest BCUT2D eigenvalue weighted by Gasteiger charge is -2.20. The topological polar surface area (TPSA) is 32.3 Å². The molecule has 2 aliphatic heterocycles. The number of aryl methyl sites for hydroxylation is 1. The maximum atomic E-state index is 12.4. The summed E-state index contributed by atoms with van der Waals surface area (Å²) >= 11 is 0. The third kappa shape index (κ3) is 2.03. The first-order valence-electron chi connectivity index (χ1n) is 6.86. The van der Waals surface area contributed by atoms with Crippen LogP contribution in [-0.4, -0.2) is 29.9 Å². The Morgan fingerprint density at radius 2 is 2.11 bits per heavy atom. The molecule has 96 valence electrons. The van der Waals surface area contributed by atoms with Crippen LogP contribution in [0.5, 0.6) is 0 Å². The molecule has 0 unspecified atom stereocenters. The molecule has 1 N–H and O–H groups in total. The first-order valence-corrected chi connectivity index (χ1v) is 6.86. The normalized spacial score (nSPS) is 27.2. The minimum absolute atomic E-state index is 0.187. The van der Waals surface area contributed by atoms with E-state index in [0.717, 1.165) is 24.2 Å². The van der Waals surface area contributed by atoms with E-state index >= 15 is 0 Å². The zero-order chi connectivity index (χ0) is 12.5. The van der Waals surface area contributed by atoms with E-state index in [-0.39, 0.29) is 11.8 Å². The average molecular weight is 244 g/mol. The van der Waals surface area contributed by atoms with Gasteiger partial charge >= 0.3 is 0 Å². The highest BCUT2D eigenvalue weighted by Crippen LogP contribution is 2.33. The molecule has 0 saturated carbocycles. The van der Waals surface area contributed by atoms with Crippen LogP contribution in [0.4, 0.5) is 5.69 Å². The van der Waals surface area contributed by atoms with Crippen molar-refractivity contribution < 1.29 is 4.79 Å². The number of carbonyl (C=O) groups excluding carboxylic acids is 1. The molecule has 1 aromatic carbocycles. The molecule has 0 spiro atoms. The van der Waals surface area contributed by atoms with E-state index in [2.05, 4.69) is 10.2 Å². The van der Waals surface area contributed by atoms with Gasteiger partial charge in [-0.1, -0.05) is 18.2 Å². The molecule has 2 atom stereocenters. The summed E-state index contributed by atoms with van der Waals surface area (Å²) in [6, 6.07) is 8.48. The molecule has 2 fully saturated rings. The number of nitrogens with one attached hydrogen (secondary N) is 1. The van der Waals surface area contributed by atoms with Crippen LogP contribution in [0.25, 0.3) is 0 Å². The van der Waals surface area contributed by atoms with Crippen LogP contribution in [0.3, 0.4) is 0 Å². The molecule has 0 radical (unpaired) electrons. The molecular weight excluding hydrogens is 224 g/mol. The summed E-state index contributed by atoms with van der Waals surface area (Å²) in [5, 5.41) is 3.10. The van der Waals surface area contributed by atoms with E-state index in [1.807, 2.05) is 31.2 Å². The lowest BCUT2D eigenvalue weighted by molar-refractivity contribution is -0.120. The van der Waals surface area contributed by atoms with Gasteiger partial charge in [0.2, 0.25) is 5.91 Å². The molecule has 3 rings (SSSR count). The molecule has 2 heterocycles. The number of rotatable bonds is 2. The highest BCUT2D eigenvalue weighted by atomic mass is 16.2. The van der Waals surface area contributed by atoms with E-state index < -0.39 is 0 Å². The van der Waals surface area contributed by atoms with Crippen molar-refractivity contribution in [3.63, 3.8) is 0 Å². The summed E-state index contributed by atoms with van der Waals surface area (Å²) < 4.78 is 0. The SMILES string of the molecule is Cc1ccccc1NC(=O)[C@@H]1CCN2CCC[C@@H]12. The quantitative estimate of drug-likeness (QED) is 0.866. The van der Waals surface area contributed by atoms with Crippen LogP contribution < -0.4 is 5.32 Å².